The van der Waals surface area contributed by atoms with Crippen molar-refractivity contribution in [2.75, 3.05) is 26.0 Å². The SMILES string of the molecule is CNCc1ccc(C(F)(F)F)nc1OCC1CCC1.CNc1ccc(C(C)C=O)cc1F. The molecule has 5 nitrogen and oxygen atoms in total. The zero-order chi connectivity index (χ0) is 23.7. The summed E-state index contributed by atoms with van der Waals surface area (Å²) in [6, 6.07) is 7.16. The van der Waals surface area contributed by atoms with E-state index in [1.807, 2.05) is 0 Å². The molecule has 1 fully saturated rings. The Morgan fingerprint density at radius 1 is 1.22 bits per heavy atom. The Morgan fingerprint density at radius 2 is 1.94 bits per heavy atom. The number of aromatic nitrogens is 1. The summed E-state index contributed by atoms with van der Waals surface area (Å²) >= 11 is 0. The number of hydrogen-bond donors (Lipinski definition) is 2. The molecule has 0 bridgehead atoms. The van der Waals surface area contributed by atoms with E-state index < -0.39 is 11.9 Å². The first kappa shape index (κ1) is 25.6. The van der Waals surface area contributed by atoms with E-state index in [-0.39, 0.29) is 17.6 Å². The number of pyridine rings is 1. The van der Waals surface area contributed by atoms with E-state index in [2.05, 4.69) is 15.6 Å². The number of hydrogen-bond acceptors (Lipinski definition) is 5. The van der Waals surface area contributed by atoms with Gasteiger partial charge < -0.3 is 20.2 Å². The Labute approximate surface area is 185 Å². The molecule has 2 N–H and O–H groups in total. The van der Waals surface area contributed by atoms with E-state index in [4.69, 9.17) is 4.74 Å². The maximum Gasteiger partial charge on any atom is 0.433 e. The van der Waals surface area contributed by atoms with Gasteiger partial charge in [-0.05, 0) is 49.6 Å². The number of halogens is 4. The van der Waals surface area contributed by atoms with Crippen LogP contribution in [0, 0.1) is 11.7 Å². The first-order valence-electron chi connectivity index (χ1n) is 10.5. The van der Waals surface area contributed by atoms with Crippen molar-refractivity contribution in [3.63, 3.8) is 0 Å². The molecule has 1 atom stereocenters. The molecule has 0 saturated heterocycles. The molecule has 9 heteroatoms. The van der Waals surface area contributed by atoms with Gasteiger partial charge in [0.1, 0.15) is 17.8 Å². The minimum atomic E-state index is -4.44. The maximum atomic E-state index is 13.2. The summed E-state index contributed by atoms with van der Waals surface area (Å²) in [7, 11) is 3.38. The van der Waals surface area contributed by atoms with E-state index in [1.165, 1.54) is 18.6 Å². The Morgan fingerprint density at radius 3 is 2.44 bits per heavy atom. The van der Waals surface area contributed by atoms with Gasteiger partial charge in [0.15, 0.2) is 0 Å². The van der Waals surface area contributed by atoms with Gasteiger partial charge in [0, 0.05) is 25.1 Å². The summed E-state index contributed by atoms with van der Waals surface area (Å²) in [5, 5.41) is 5.61. The molecule has 176 valence electrons. The van der Waals surface area contributed by atoms with Gasteiger partial charge in [-0.2, -0.15) is 13.2 Å². The fourth-order valence-corrected chi connectivity index (χ4v) is 3.03. The molecular weight excluding hydrogens is 426 g/mol. The lowest BCUT2D eigenvalue weighted by atomic mass is 9.86. The quantitative estimate of drug-likeness (QED) is 0.425. The van der Waals surface area contributed by atoms with Crippen molar-refractivity contribution in [1.29, 1.82) is 0 Å². The zero-order valence-corrected chi connectivity index (χ0v) is 18.4. The molecule has 0 amide bonds. The molecule has 32 heavy (non-hydrogen) atoms. The van der Waals surface area contributed by atoms with E-state index in [1.54, 1.807) is 33.2 Å². The summed E-state index contributed by atoms with van der Waals surface area (Å²) in [5.41, 5.74) is 0.888. The number of benzene rings is 1. The summed E-state index contributed by atoms with van der Waals surface area (Å²) in [5.74, 6) is -0.0241. The molecule has 0 radical (unpaired) electrons. The first-order valence-corrected chi connectivity index (χ1v) is 10.5. The van der Waals surface area contributed by atoms with Crippen molar-refractivity contribution in [1.82, 2.24) is 10.3 Å². The molecule has 1 aromatic heterocycles. The highest BCUT2D eigenvalue weighted by molar-refractivity contribution is 5.62. The molecule has 1 heterocycles. The molecule has 1 aliphatic rings. The molecule has 2 aromatic rings. The van der Waals surface area contributed by atoms with Crippen molar-refractivity contribution in [2.24, 2.45) is 5.92 Å². The smallest absolute Gasteiger partial charge is 0.433 e. The van der Waals surface area contributed by atoms with Crippen LogP contribution in [0.25, 0.3) is 0 Å². The topological polar surface area (TPSA) is 63.3 Å². The highest BCUT2D eigenvalue weighted by Crippen LogP contribution is 2.31. The number of nitrogens with zero attached hydrogens (tertiary/aromatic N) is 1. The number of nitrogens with one attached hydrogen (secondary N) is 2. The van der Waals surface area contributed by atoms with Crippen molar-refractivity contribution in [2.45, 2.75) is 44.8 Å². The number of anilines is 1. The number of alkyl halides is 3. The third kappa shape index (κ3) is 7.19. The summed E-state index contributed by atoms with van der Waals surface area (Å²) in [4.78, 5) is 14.0. The highest BCUT2D eigenvalue weighted by atomic mass is 19.4. The Balaban J connectivity index is 0.000000244. The fraction of sp³-hybridized carbons (Fsp3) is 0.478. The zero-order valence-electron chi connectivity index (χ0n) is 18.4. The van der Waals surface area contributed by atoms with Crippen LogP contribution in [0.3, 0.4) is 0 Å². The van der Waals surface area contributed by atoms with E-state index in [9.17, 15) is 22.4 Å². The van der Waals surface area contributed by atoms with Gasteiger partial charge in [-0.25, -0.2) is 9.37 Å². The molecule has 1 aliphatic carbocycles. The van der Waals surface area contributed by atoms with Crippen molar-refractivity contribution < 1.29 is 27.1 Å². The molecule has 1 unspecified atom stereocenters. The van der Waals surface area contributed by atoms with Crippen LogP contribution in [0.15, 0.2) is 30.3 Å². The van der Waals surface area contributed by atoms with Crippen LogP contribution in [-0.4, -0.2) is 32.0 Å². The second-order valence-corrected chi connectivity index (χ2v) is 7.71. The average molecular weight is 455 g/mol. The summed E-state index contributed by atoms with van der Waals surface area (Å²) < 4.78 is 56.5. The van der Waals surface area contributed by atoms with Crippen molar-refractivity contribution in [3.8, 4) is 5.88 Å². The van der Waals surface area contributed by atoms with Gasteiger partial charge in [0.05, 0.1) is 12.3 Å². The van der Waals surface area contributed by atoms with Gasteiger partial charge in [-0.15, -0.1) is 0 Å². The second-order valence-electron chi connectivity index (χ2n) is 7.71. The molecule has 1 aromatic carbocycles. The predicted molar refractivity (Wildman–Crippen MR) is 115 cm³/mol. The van der Waals surface area contributed by atoms with Crippen LogP contribution in [0.1, 0.15) is 48.9 Å². The lowest BCUT2D eigenvalue weighted by molar-refractivity contribution is -0.141. The van der Waals surface area contributed by atoms with E-state index >= 15 is 0 Å². The van der Waals surface area contributed by atoms with Gasteiger partial charge in [0.2, 0.25) is 5.88 Å². The van der Waals surface area contributed by atoms with Crippen LogP contribution in [0.2, 0.25) is 0 Å². The molecule has 1 saturated carbocycles. The molecular formula is C23H29F4N3O2. The summed E-state index contributed by atoms with van der Waals surface area (Å²) in [6.07, 6.45) is -0.297. The van der Waals surface area contributed by atoms with E-state index in [0.717, 1.165) is 25.2 Å². The number of aldehydes is 1. The second kappa shape index (κ2) is 11.8. The van der Waals surface area contributed by atoms with Crippen molar-refractivity contribution in [3.05, 3.63) is 53.0 Å². The highest BCUT2D eigenvalue weighted by Gasteiger charge is 2.33. The Bertz CT molecular complexity index is 886. The van der Waals surface area contributed by atoms with E-state index in [0.29, 0.717) is 35.9 Å². The van der Waals surface area contributed by atoms with Crippen LogP contribution in [0.4, 0.5) is 23.2 Å². The summed E-state index contributed by atoms with van der Waals surface area (Å²) in [6.45, 7) is 2.62. The Kier molecular flexibility index (Phi) is 9.43. The first-order chi connectivity index (χ1) is 15.2. The lowest BCUT2D eigenvalue weighted by Gasteiger charge is -2.25. The van der Waals surface area contributed by atoms with Gasteiger partial charge >= 0.3 is 6.18 Å². The van der Waals surface area contributed by atoms with Crippen LogP contribution < -0.4 is 15.4 Å². The number of ether oxygens (including phenoxy) is 1. The molecule has 0 spiro atoms. The maximum absolute atomic E-state index is 13.2. The number of carbonyl (C=O) groups is 1. The standard InChI is InChI=1S/C13H17F3N2O.C10H12FNO/c1-17-7-10-5-6-11(13(14,15)16)18-12(10)19-8-9-3-2-4-9;1-7(6-13)8-3-4-10(12-2)9(11)5-8/h5-6,9,17H,2-4,7-8H2,1H3;3-7,12H,1-2H3. The monoisotopic (exact) mass is 455 g/mol. The van der Waals surface area contributed by atoms with Crippen LogP contribution >= 0.6 is 0 Å². The predicted octanol–water partition coefficient (Wildman–Crippen LogP) is 5.17. The van der Waals surface area contributed by atoms with Crippen LogP contribution in [0.5, 0.6) is 5.88 Å². The molecule has 3 rings (SSSR count). The number of carbonyl (C=O) groups excluding carboxylic acids is 1. The van der Waals surface area contributed by atoms with Gasteiger partial charge in [-0.1, -0.05) is 25.5 Å². The van der Waals surface area contributed by atoms with Crippen LogP contribution in [-0.2, 0) is 17.5 Å². The lowest BCUT2D eigenvalue weighted by Crippen LogP contribution is -2.21. The Hall–Kier alpha value is -2.68. The van der Waals surface area contributed by atoms with Gasteiger partial charge in [-0.3, -0.25) is 0 Å². The van der Waals surface area contributed by atoms with Gasteiger partial charge in [0.25, 0.3) is 0 Å². The van der Waals surface area contributed by atoms with Crippen molar-refractivity contribution >= 4 is 12.0 Å². The minimum absolute atomic E-state index is 0.0936. The largest absolute Gasteiger partial charge is 0.477 e. The average Bonchev–Trinajstić information content (AvgIpc) is 2.73. The number of rotatable bonds is 8. The third-order valence-electron chi connectivity index (χ3n) is 5.27. The third-order valence-corrected chi connectivity index (χ3v) is 5.27. The minimum Gasteiger partial charge on any atom is -0.477 e. The molecule has 0 aliphatic heterocycles. The normalized spacial score (nSPS) is 14.6. The fourth-order valence-electron chi connectivity index (χ4n) is 3.03.